The molecule has 5 N–H and O–H groups in total. The van der Waals surface area contributed by atoms with Crippen LogP contribution in [0.5, 0.6) is 0 Å². The quantitative estimate of drug-likeness (QED) is 0.501. The largest absolute Gasteiger partial charge is 0.391 e. The molecule has 25 heavy (non-hydrogen) atoms. The molecule has 1 heterocycles. The van der Waals surface area contributed by atoms with Gasteiger partial charge in [-0.3, -0.25) is 4.79 Å². The molecule has 0 unspecified atom stereocenters. The van der Waals surface area contributed by atoms with Crippen LogP contribution in [0.25, 0.3) is 11.0 Å². The van der Waals surface area contributed by atoms with Crippen LogP contribution >= 0.6 is 0 Å². The highest BCUT2D eigenvalue weighted by molar-refractivity contribution is 5.94. The molecule has 2 aromatic carbocycles. The Kier molecular flexibility index (Phi) is 5.42. The molecule has 0 aliphatic carbocycles. The summed E-state index contributed by atoms with van der Waals surface area (Å²) in [6, 6.07) is 15.0. The van der Waals surface area contributed by atoms with Crippen LogP contribution in [0.2, 0.25) is 0 Å². The van der Waals surface area contributed by atoms with Crippen LogP contribution in [0, 0.1) is 6.42 Å². The molecule has 0 saturated heterocycles. The standard InChI is InChI=1S/C19H21N4O2/c20-19(25)15-6-2-1-5-13(15)9-10-14(24)11-21-12-18-22-16-7-3-4-8-17(16)23-18/h1-8,10,14,21,24H,9,11-12H2,(H2,20,25)(H,22,23)/t14-/m1/s1. The number of para-hydroxylation sites is 2. The average molecular weight is 337 g/mol. The van der Waals surface area contributed by atoms with Gasteiger partial charge in [0, 0.05) is 12.1 Å². The summed E-state index contributed by atoms with van der Waals surface area (Å²) in [5, 5.41) is 13.3. The maximum Gasteiger partial charge on any atom is 0.248 e. The van der Waals surface area contributed by atoms with E-state index < -0.39 is 12.0 Å². The first kappa shape index (κ1) is 17.1. The van der Waals surface area contributed by atoms with E-state index >= 15 is 0 Å². The normalized spacial score (nSPS) is 12.4. The molecule has 0 bridgehead atoms. The van der Waals surface area contributed by atoms with Crippen molar-refractivity contribution in [2.45, 2.75) is 19.1 Å². The number of nitrogens with two attached hydrogens (primary N) is 1. The van der Waals surface area contributed by atoms with Crippen molar-refractivity contribution < 1.29 is 9.90 Å². The highest BCUT2D eigenvalue weighted by atomic mass is 16.3. The van der Waals surface area contributed by atoms with E-state index in [1.807, 2.05) is 36.4 Å². The van der Waals surface area contributed by atoms with E-state index in [0.29, 0.717) is 25.1 Å². The smallest absolute Gasteiger partial charge is 0.248 e. The van der Waals surface area contributed by atoms with E-state index in [1.54, 1.807) is 18.6 Å². The third kappa shape index (κ3) is 4.43. The van der Waals surface area contributed by atoms with Crippen molar-refractivity contribution in [3.05, 3.63) is 71.9 Å². The van der Waals surface area contributed by atoms with Gasteiger partial charge in [0.25, 0.3) is 0 Å². The van der Waals surface area contributed by atoms with Gasteiger partial charge in [0.2, 0.25) is 5.91 Å². The molecule has 1 atom stereocenters. The molecule has 1 aromatic heterocycles. The number of imidazole rings is 1. The molecule has 6 nitrogen and oxygen atoms in total. The van der Waals surface area contributed by atoms with Crippen molar-refractivity contribution in [2.24, 2.45) is 5.73 Å². The van der Waals surface area contributed by atoms with Crippen molar-refractivity contribution in [1.82, 2.24) is 15.3 Å². The highest BCUT2D eigenvalue weighted by Gasteiger charge is 2.10. The molecular formula is C19H21N4O2. The van der Waals surface area contributed by atoms with Gasteiger partial charge in [-0.05, 0) is 36.6 Å². The van der Waals surface area contributed by atoms with E-state index in [0.717, 1.165) is 22.4 Å². The molecule has 6 heteroatoms. The number of H-pyrrole nitrogens is 1. The van der Waals surface area contributed by atoms with E-state index in [-0.39, 0.29) is 0 Å². The lowest BCUT2D eigenvalue weighted by atomic mass is 10.0. The number of carbonyl (C=O) groups excluding carboxylic acids is 1. The van der Waals surface area contributed by atoms with E-state index in [4.69, 9.17) is 5.73 Å². The average Bonchev–Trinajstić information content (AvgIpc) is 3.03. The van der Waals surface area contributed by atoms with Gasteiger partial charge in [-0.15, -0.1) is 0 Å². The van der Waals surface area contributed by atoms with Crippen LogP contribution in [-0.2, 0) is 13.0 Å². The monoisotopic (exact) mass is 337 g/mol. The fourth-order valence-corrected chi connectivity index (χ4v) is 2.71. The van der Waals surface area contributed by atoms with E-state index in [1.165, 1.54) is 0 Å². The summed E-state index contributed by atoms with van der Waals surface area (Å²) in [6.45, 7) is 0.938. The van der Waals surface area contributed by atoms with Crippen molar-refractivity contribution in [3.8, 4) is 0 Å². The summed E-state index contributed by atoms with van der Waals surface area (Å²) in [5.41, 5.74) is 8.58. The van der Waals surface area contributed by atoms with E-state index in [2.05, 4.69) is 15.3 Å². The summed E-state index contributed by atoms with van der Waals surface area (Å²) in [4.78, 5) is 19.1. The molecule has 0 saturated carbocycles. The van der Waals surface area contributed by atoms with Crippen LogP contribution < -0.4 is 11.1 Å². The lowest BCUT2D eigenvalue weighted by Gasteiger charge is -2.12. The summed E-state index contributed by atoms with van der Waals surface area (Å²) >= 11 is 0. The number of nitrogens with one attached hydrogen (secondary N) is 2. The van der Waals surface area contributed by atoms with Crippen LogP contribution in [-0.4, -0.2) is 33.6 Å². The maximum atomic E-state index is 11.4. The minimum absolute atomic E-state index is 0.399. The molecule has 0 aliphatic heterocycles. The van der Waals surface area contributed by atoms with Crippen LogP contribution in [0.4, 0.5) is 0 Å². The second-order valence-corrected chi connectivity index (χ2v) is 5.86. The fourth-order valence-electron chi connectivity index (χ4n) is 2.71. The zero-order chi connectivity index (χ0) is 17.6. The number of aromatic nitrogens is 2. The predicted molar refractivity (Wildman–Crippen MR) is 96.8 cm³/mol. The summed E-state index contributed by atoms with van der Waals surface area (Å²) < 4.78 is 0. The number of aliphatic hydroxyl groups excluding tert-OH is 1. The topological polar surface area (TPSA) is 104 Å². The van der Waals surface area contributed by atoms with Gasteiger partial charge in [0.1, 0.15) is 5.82 Å². The first-order valence-electron chi connectivity index (χ1n) is 8.17. The zero-order valence-electron chi connectivity index (χ0n) is 13.8. The second-order valence-electron chi connectivity index (χ2n) is 5.86. The van der Waals surface area contributed by atoms with Crippen molar-refractivity contribution in [1.29, 1.82) is 0 Å². The molecular weight excluding hydrogens is 316 g/mol. The van der Waals surface area contributed by atoms with Crippen molar-refractivity contribution in [2.75, 3.05) is 6.54 Å². The predicted octanol–water partition coefficient (Wildman–Crippen LogP) is 1.56. The lowest BCUT2D eigenvalue weighted by Crippen LogP contribution is -2.28. The maximum absolute atomic E-state index is 11.4. The molecule has 3 aromatic rings. The Morgan fingerprint density at radius 1 is 1.24 bits per heavy atom. The minimum Gasteiger partial charge on any atom is -0.391 e. The molecule has 1 radical (unpaired) electrons. The molecule has 0 fully saturated rings. The van der Waals surface area contributed by atoms with Crippen LogP contribution in [0.1, 0.15) is 21.7 Å². The molecule has 129 valence electrons. The zero-order valence-corrected chi connectivity index (χ0v) is 13.8. The van der Waals surface area contributed by atoms with Gasteiger partial charge < -0.3 is 21.1 Å². The number of aliphatic hydroxyl groups is 1. The first-order valence-corrected chi connectivity index (χ1v) is 8.17. The number of primary amides is 1. The lowest BCUT2D eigenvalue weighted by molar-refractivity contribution is 0.0999. The van der Waals surface area contributed by atoms with Crippen LogP contribution in [0.15, 0.2) is 48.5 Å². The number of benzene rings is 2. The Morgan fingerprint density at radius 3 is 2.80 bits per heavy atom. The molecule has 0 aliphatic rings. The Labute approximate surface area is 146 Å². The fraction of sp³-hybridized carbons (Fsp3) is 0.211. The van der Waals surface area contributed by atoms with Crippen molar-refractivity contribution >= 4 is 16.9 Å². The van der Waals surface area contributed by atoms with E-state index in [9.17, 15) is 9.90 Å². The number of aromatic amines is 1. The SMILES string of the molecule is NC(=O)c1ccccc1C[CH][C@@H](O)CNCc1nc2ccccc2[nH]1. The highest BCUT2D eigenvalue weighted by Crippen LogP contribution is 2.12. The second kappa shape index (κ2) is 7.92. The number of hydrogen-bond acceptors (Lipinski definition) is 4. The first-order chi connectivity index (χ1) is 12.1. The van der Waals surface area contributed by atoms with Crippen LogP contribution in [0.3, 0.4) is 0 Å². The Hall–Kier alpha value is -2.70. The third-order valence-corrected chi connectivity index (χ3v) is 3.98. The van der Waals surface area contributed by atoms with Gasteiger partial charge in [-0.25, -0.2) is 4.98 Å². The third-order valence-electron chi connectivity index (χ3n) is 3.98. The summed E-state index contributed by atoms with van der Waals surface area (Å²) in [6.07, 6.45) is 1.60. The Balaban J connectivity index is 1.47. The number of nitrogens with zero attached hydrogens (tertiary/aromatic N) is 1. The molecule has 3 rings (SSSR count). The molecule has 0 spiro atoms. The van der Waals surface area contributed by atoms with Gasteiger partial charge >= 0.3 is 0 Å². The van der Waals surface area contributed by atoms with Gasteiger partial charge in [-0.2, -0.15) is 0 Å². The number of hydrogen-bond donors (Lipinski definition) is 4. The summed E-state index contributed by atoms with van der Waals surface area (Å²) in [5.74, 6) is 0.369. The number of fused-ring (bicyclic) bond motifs is 1. The summed E-state index contributed by atoms with van der Waals surface area (Å²) in [7, 11) is 0. The Bertz CT molecular complexity index is 826. The van der Waals surface area contributed by atoms with Gasteiger partial charge in [-0.1, -0.05) is 30.3 Å². The number of rotatable bonds is 8. The number of carbonyl (C=O) groups is 1. The minimum atomic E-state index is -0.634. The van der Waals surface area contributed by atoms with Gasteiger partial charge in [0.05, 0.1) is 23.7 Å². The van der Waals surface area contributed by atoms with Gasteiger partial charge in [0.15, 0.2) is 0 Å². The molecule has 1 amide bonds. The van der Waals surface area contributed by atoms with Crippen molar-refractivity contribution in [3.63, 3.8) is 0 Å². The number of amides is 1. The Morgan fingerprint density at radius 2 is 2.00 bits per heavy atom.